The zero-order chi connectivity index (χ0) is 16.9. The van der Waals surface area contributed by atoms with E-state index in [9.17, 15) is 0 Å². The Balaban J connectivity index is 1.67. The first-order valence-corrected chi connectivity index (χ1v) is 10.1. The lowest BCUT2D eigenvalue weighted by molar-refractivity contribution is -0.858. The molecule has 1 aromatic carbocycles. The normalized spacial score (nSPS) is 18.3. The summed E-state index contributed by atoms with van der Waals surface area (Å²) in [6, 6.07) is 8.73. The van der Waals surface area contributed by atoms with Crippen molar-refractivity contribution < 1.29 is 4.90 Å². The number of aromatic nitrogens is 1. The molecule has 0 spiro atoms. The van der Waals surface area contributed by atoms with Gasteiger partial charge >= 0.3 is 0 Å². The molecule has 24 heavy (non-hydrogen) atoms. The number of fused-ring (bicyclic) bond motifs is 1. The molecule has 1 atom stereocenters. The van der Waals surface area contributed by atoms with Crippen molar-refractivity contribution in [1.29, 1.82) is 0 Å². The second-order valence-electron chi connectivity index (χ2n) is 6.77. The maximum Gasteiger partial charge on any atom is 0.169 e. The Labute approximate surface area is 153 Å². The zero-order valence-electron chi connectivity index (χ0n) is 14.5. The summed E-state index contributed by atoms with van der Waals surface area (Å²) >= 11 is 7.51. The Morgan fingerprint density at radius 3 is 3.00 bits per heavy atom. The summed E-state index contributed by atoms with van der Waals surface area (Å²) in [6.45, 7) is 3.15. The Kier molecular flexibility index (Phi) is 6.03. The van der Waals surface area contributed by atoms with Gasteiger partial charge in [-0.1, -0.05) is 12.1 Å². The van der Waals surface area contributed by atoms with Gasteiger partial charge in [0.1, 0.15) is 5.01 Å². The van der Waals surface area contributed by atoms with Crippen LogP contribution < -0.4 is 10.2 Å². The molecule has 1 saturated heterocycles. The van der Waals surface area contributed by atoms with Gasteiger partial charge in [-0.3, -0.25) is 0 Å². The summed E-state index contributed by atoms with van der Waals surface area (Å²) in [7, 11) is 4.37. The molecule has 3 rings (SSSR count). The monoisotopic (exact) mass is 363 g/mol. The minimum absolute atomic E-state index is 0.329. The van der Waals surface area contributed by atoms with Crippen LogP contribution in [0.5, 0.6) is 0 Å². The molecule has 130 valence electrons. The van der Waals surface area contributed by atoms with Crippen molar-refractivity contribution >= 4 is 38.9 Å². The highest BCUT2D eigenvalue weighted by Crippen LogP contribution is 2.35. The predicted molar refractivity (Wildman–Crippen MR) is 106 cm³/mol. The number of quaternary nitrogens is 1. The number of hydrogen-bond acceptors (Lipinski definition) is 3. The summed E-state index contributed by atoms with van der Waals surface area (Å²) in [6.07, 6.45) is 4.75. The van der Waals surface area contributed by atoms with E-state index in [2.05, 4.69) is 48.6 Å². The summed E-state index contributed by atoms with van der Waals surface area (Å²) in [5, 5.41) is 5.56. The number of piperidine rings is 1. The average molecular weight is 364 g/mol. The molecular weight excluding hydrogens is 336 g/mol. The van der Waals surface area contributed by atoms with Crippen molar-refractivity contribution in [2.75, 3.05) is 33.7 Å². The van der Waals surface area contributed by atoms with Crippen molar-refractivity contribution in [1.82, 2.24) is 15.2 Å². The average Bonchev–Trinajstić information content (AvgIpc) is 3.02. The minimum atomic E-state index is 0.329. The van der Waals surface area contributed by atoms with Crippen molar-refractivity contribution in [2.24, 2.45) is 0 Å². The molecule has 1 aromatic heterocycles. The van der Waals surface area contributed by atoms with Gasteiger partial charge in [0.15, 0.2) is 5.11 Å². The van der Waals surface area contributed by atoms with E-state index in [4.69, 9.17) is 17.2 Å². The summed E-state index contributed by atoms with van der Waals surface area (Å²) in [4.78, 5) is 8.71. The van der Waals surface area contributed by atoms with Gasteiger partial charge in [-0.05, 0) is 43.6 Å². The second-order valence-corrected chi connectivity index (χ2v) is 8.22. The molecule has 4 nitrogen and oxygen atoms in total. The van der Waals surface area contributed by atoms with Crippen LogP contribution >= 0.6 is 23.6 Å². The standard InChI is InChI=1S/C18H26N4S2/c1-21(2)12-7-11-19-18(23)22-13-6-5-9-15(22)17-20-14-8-3-4-10-16(14)24-17/h3-4,8,10,15H,5-7,9,11-13H2,1-2H3,(H,19,23)/p+1/t15-/m1/s1. The quantitative estimate of drug-likeness (QED) is 0.630. The highest BCUT2D eigenvalue weighted by molar-refractivity contribution is 7.80. The molecule has 0 aliphatic carbocycles. The fourth-order valence-electron chi connectivity index (χ4n) is 3.20. The van der Waals surface area contributed by atoms with Crippen LogP contribution in [-0.4, -0.2) is 48.7 Å². The summed E-state index contributed by atoms with van der Waals surface area (Å²) in [5.41, 5.74) is 1.11. The SMILES string of the molecule is C[NH+](C)CCCNC(=S)N1CCCC[C@@H]1c1nc2ccccc2s1. The van der Waals surface area contributed by atoms with Gasteiger partial charge < -0.3 is 15.1 Å². The van der Waals surface area contributed by atoms with Crippen LogP contribution in [0, 0.1) is 0 Å². The maximum absolute atomic E-state index is 5.70. The van der Waals surface area contributed by atoms with Crippen LogP contribution in [0.4, 0.5) is 0 Å². The number of likely N-dealkylation sites (tertiary alicyclic amines) is 1. The van der Waals surface area contributed by atoms with Gasteiger partial charge in [-0.2, -0.15) is 0 Å². The van der Waals surface area contributed by atoms with Crippen LogP contribution in [0.2, 0.25) is 0 Å². The van der Waals surface area contributed by atoms with E-state index < -0.39 is 0 Å². The summed E-state index contributed by atoms with van der Waals surface area (Å²) in [5.74, 6) is 0. The Hall–Kier alpha value is -1.24. The largest absolute Gasteiger partial charge is 0.362 e. The molecule has 2 N–H and O–H groups in total. The molecule has 0 bridgehead atoms. The van der Waals surface area contributed by atoms with E-state index >= 15 is 0 Å². The van der Waals surface area contributed by atoms with Crippen LogP contribution in [0.25, 0.3) is 10.2 Å². The highest BCUT2D eigenvalue weighted by atomic mass is 32.1. The number of para-hydroxylation sites is 1. The third-order valence-corrected chi connectivity index (χ3v) is 6.01. The van der Waals surface area contributed by atoms with Gasteiger partial charge in [0.25, 0.3) is 0 Å². The van der Waals surface area contributed by atoms with Crippen LogP contribution in [-0.2, 0) is 0 Å². The molecule has 1 aliphatic rings. The lowest BCUT2D eigenvalue weighted by atomic mass is 10.0. The van der Waals surface area contributed by atoms with Crippen molar-refractivity contribution in [2.45, 2.75) is 31.7 Å². The van der Waals surface area contributed by atoms with Gasteiger partial charge in [-0.25, -0.2) is 4.98 Å². The van der Waals surface area contributed by atoms with E-state index in [1.165, 1.54) is 27.4 Å². The fourth-order valence-corrected chi connectivity index (χ4v) is 4.64. The number of rotatable bonds is 5. The van der Waals surface area contributed by atoms with Gasteiger partial charge in [-0.15, -0.1) is 11.3 Å². The van der Waals surface area contributed by atoms with E-state index in [0.717, 1.165) is 43.1 Å². The van der Waals surface area contributed by atoms with Crippen molar-refractivity contribution in [3.8, 4) is 0 Å². The van der Waals surface area contributed by atoms with E-state index in [-0.39, 0.29) is 0 Å². The smallest absolute Gasteiger partial charge is 0.169 e. The number of thiazole rings is 1. The van der Waals surface area contributed by atoms with Gasteiger partial charge in [0.2, 0.25) is 0 Å². The molecule has 6 heteroatoms. The lowest BCUT2D eigenvalue weighted by Crippen LogP contribution is -3.05. The van der Waals surface area contributed by atoms with Crippen LogP contribution in [0.15, 0.2) is 24.3 Å². The molecule has 0 amide bonds. The van der Waals surface area contributed by atoms with Gasteiger partial charge in [0, 0.05) is 19.5 Å². The predicted octanol–water partition coefficient (Wildman–Crippen LogP) is 2.23. The first-order chi connectivity index (χ1) is 11.6. The maximum atomic E-state index is 5.70. The van der Waals surface area contributed by atoms with E-state index in [1.54, 1.807) is 0 Å². The first-order valence-electron chi connectivity index (χ1n) is 8.84. The molecule has 0 saturated carbocycles. The number of hydrogen-bond donors (Lipinski definition) is 2. The second kappa shape index (κ2) is 8.23. The summed E-state index contributed by atoms with van der Waals surface area (Å²) < 4.78 is 1.27. The van der Waals surface area contributed by atoms with E-state index in [0.29, 0.717) is 6.04 Å². The van der Waals surface area contributed by atoms with Gasteiger partial charge in [0.05, 0.1) is 36.9 Å². The first kappa shape index (κ1) is 17.6. The molecule has 2 heterocycles. The topological polar surface area (TPSA) is 32.6 Å². The van der Waals surface area contributed by atoms with Crippen molar-refractivity contribution in [3.05, 3.63) is 29.3 Å². The minimum Gasteiger partial charge on any atom is -0.362 e. The molecule has 0 unspecified atom stereocenters. The Bertz CT molecular complexity index is 649. The number of nitrogens with one attached hydrogen (secondary N) is 2. The lowest BCUT2D eigenvalue weighted by Gasteiger charge is -2.36. The Morgan fingerprint density at radius 2 is 2.21 bits per heavy atom. The third kappa shape index (κ3) is 4.23. The number of benzene rings is 1. The van der Waals surface area contributed by atoms with Crippen molar-refractivity contribution in [3.63, 3.8) is 0 Å². The molecule has 0 radical (unpaired) electrons. The molecular formula is C18H27N4S2+. The van der Waals surface area contributed by atoms with Crippen LogP contribution in [0.1, 0.15) is 36.7 Å². The number of nitrogens with zero attached hydrogens (tertiary/aromatic N) is 2. The Morgan fingerprint density at radius 1 is 1.38 bits per heavy atom. The van der Waals surface area contributed by atoms with E-state index in [1.807, 2.05) is 11.3 Å². The third-order valence-electron chi connectivity index (χ3n) is 4.49. The van der Waals surface area contributed by atoms with Crippen LogP contribution in [0.3, 0.4) is 0 Å². The molecule has 1 aliphatic heterocycles. The molecule has 2 aromatic rings. The highest BCUT2D eigenvalue weighted by Gasteiger charge is 2.28. The number of thiocarbonyl (C=S) groups is 1. The zero-order valence-corrected chi connectivity index (χ0v) is 16.2. The molecule has 1 fully saturated rings. The fraction of sp³-hybridized carbons (Fsp3) is 0.556.